The number of hydrogen-bond acceptors (Lipinski definition) is 4. The van der Waals surface area contributed by atoms with Gasteiger partial charge < -0.3 is 5.32 Å². The fourth-order valence-corrected chi connectivity index (χ4v) is 4.67. The van der Waals surface area contributed by atoms with Crippen molar-refractivity contribution in [2.45, 2.75) is 24.3 Å². The number of rotatable bonds is 9. The van der Waals surface area contributed by atoms with Crippen molar-refractivity contribution in [3.8, 4) is 0 Å². The number of carbonyl (C=O) groups excluding carboxylic acids is 1. The topological polar surface area (TPSA) is 66.5 Å². The van der Waals surface area contributed by atoms with E-state index < -0.39 is 10.0 Å². The molecule has 168 valence electrons. The van der Waals surface area contributed by atoms with E-state index in [1.165, 1.54) is 16.1 Å². The first-order chi connectivity index (χ1) is 15.3. The zero-order chi connectivity index (χ0) is 23.1. The molecule has 0 radical (unpaired) electrons. The van der Waals surface area contributed by atoms with E-state index in [1.54, 1.807) is 42.1 Å². The maximum Gasteiger partial charge on any atom is 0.251 e. The standard InChI is InChI=1S/C25H28N2O3S2/c1-19(21-8-5-4-6-9-21)17-26-25(28)22-14-12-20(13-15-22)18-27(32(3,29)30)23-10-7-11-24(16-23)31-2/h4-16,19H,17-18H2,1-3H3,(H,26,28)/t19-/m1/s1. The van der Waals surface area contributed by atoms with E-state index in [4.69, 9.17) is 0 Å². The van der Waals surface area contributed by atoms with E-state index in [0.29, 0.717) is 17.8 Å². The van der Waals surface area contributed by atoms with E-state index >= 15 is 0 Å². The zero-order valence-electron chi connectivity index (χ0n) is 18.5. The lowest BCUT2D eigenvalue weighted by Gasteiger charge is -2.23. The van der Waals surface area contributed by atoms with Crippen LogP contribution in [0.1, 0.15) is 34.3 Å². The first kappa shape index (κ1) is 23.9. The highest BCUT2D eigenvalue weighted by Gasteiger charge is 2.18. The molecule has 0 aromatic heterocycles. The summed E-state index contributed by atoms with van der Waals surface area (Å²) >= 11 is 1.56. The molecule has 1 amide bonds. The van der Waals surface area contributed by atoms with Crippen LogP contribution in [-0.2, 0) is 16.6 Å². The maximum absolute atomic E-state index is 12.5. The number of sulfonamides is 1. The minimum Gasteiger partial charge on any atom is -0.351 e. The van der Waals surface area contributed by atoms with Crippen LogP contribution in [0.2, 0.25) is 0 Å². The van der Waals surface area contributed by atoms with Crippen LogP contribution in [0.3, 0.4) is 0 Å². The van der Waals surface area contributed by atoms with Gasteiger partial charge in [0.2, 0.25) is 10.0 Å². The Hall–Kier alpha value is -2.77. The highest BCUT2D eigenvalue weighted by molar-refractivity contribution is 7.98. The number of carbonyl (C=O) groups is 1. The Morgan fingerprint density at radius 1 is 1.00 bits per heavy atom. The van der Waals surface area contributed by atoms with Gasteiger partial charge in [0, 0.05) is 17.0 Å². The fraction of sp³-hybridized carbons (Fsp3) is 0.240. The average Bonchev–Trinajstić information content (AvgIpc) is 2.81. The number of amides is 1. The van der Waals surface area contributed by atoms with Crippen molar-refractivity contribution in [1.82, 2.24) is 5.32 Å². The summed E-state index contributed by atoms with van der Waals surface area (Å²) in [5.74, 6) is 0.0618. The van der Waals surface area contributed by atoms with Gasteiger partial charge in [0.1, 0.15) is 0 Å². The molecule has 0 aliphatic rings. The van der Waals surface area contributed by atoms with Crippen molar-refractivity contribution in [3.05, 3.63) is 95.6 Å². The van der Waals surface area contributed by atoms with Gasteiger partial charge in [-0.2, -0.15) is 0 Å². The molecule has 5 nitrogen and oxygen atoms in total. The molecule has 1 N–H and O–H groups in total. The monoisotopic (exact) mass is 468 g/mol. The van der Waals surface area contributed by atoms with Gasteiger partial charge in [0.25, 0.3) is 5.91 Å². The molecular weight excluding hydrogens is 440 g/mol. The molecule has 0 saturated carbocycles. The van der Waals surface area contributed by atoms with Gasteiger partial charge in [-0.15, -0.1) is 11.8 Å². The Balaban J connectivity index is 1.67. The minimum atomic E-state index is -3.47. The quantitative estimate of drug-likeness (QED) is 0.453. The second-order valence-electron chi connectivity index (χ2n) is 7.69. The summed E-state index contributed by atoms with van der Waals surface area (Å²) in [5.41, 5.74) is 3.15. The van der Waals surface area contributed by atoms with Gasteiger partial charge in [-0.3, -0.25) is 9.10 Å². The molecule has 3 rings (SSSR count). The van der Waals surface area contributed by atoms with E-state index in [9.17, 15) is 13.2 Å². The summed E-state index contributed by atoms with van der Waals surface area (Å²) in [6.07, 6.45) is 3.16. The second-order valence-corrected chi connectivity index (χ2v) is 10.5. The molecular formula is C25H28N2O3S2. The highest BCUT2D eigenvalue weighted by atomic mass is 32.2. The summed E-state index contributed by atoms with van der Waals surface area (Å²) in [6, 6.07) is 24.6. The summed E-state index contributed by atoms with van der Waals surface area (Å²) in [7, 11) is -3.47. The van der Waals surface area contributed by atoms with Gasteiger partial charge in [0.05, 0.1) is 18.5 Å². The van der Waals surface area contributed by atoms with Crippen LogP contribution >= 0.6 is 11.8 Å². The first-order valence-electron chi connectivity index (χ1n) is 10.3. The van der Waals surface area contributed by atoms with Crippen molar-refractivity contribution < 1.29 is 13.2 Å². The number of nitrogens with one attached hydrogen (secondary N) is 1. The lowest BCUT2D eigenvalue weighted by atomic mass is 10.0. The second kappa shape index (κ2) is 10.7. The smallest absolute Gasteiger partial charge is 0.251 e. The SMILES string of the molecule is CSc1cccc(N(Cc2ccc(C(=O)NC[C@@H](C)c3ccccc3)cc2)S(C)(=O)=O)c1. The van der Waals surface area contributed by atoms with Gasteiger partial charge in [-0.05, 0) is 53.6 Å². The average molecular weight is 469 g/mol. The number of nitrogens with zero attached hydrogens (tertiary/aromatic N) is 1. The van der Waals surface area contributed by atoms with Crippen molar-refractivity contribution >= 4 is 33.4 Å². The third-order valence-electron chi connectivity index (χ3n) is 5.22. The third-order valence-corrected chi connectivity index (χ3v) is 7.09. The summed E-state index contributed by atoms with van der Waals surface area (Å²) in [5, 5.41) is 2.97. The first-order valence-corrected chi connectivity index (χ1v) is 13.4. The van der Waals surface area contributed by atoms with Crippen LogP contribution < -0.4 is 9.62 Å². The molecule has 32 heavy (non-hydrogen) atoms. The number of anilines is 1. The molecule has 0 aliphatic heterocycles. The molecule has 3 aromatic rings. The van der Waals surface area contributed by atoms with Crippen LogP contribution in [0.5, 0.6) is 0 Å². The zero-order valence-corrected chi connectivity index (χ0v) is 20.1. The molecule has 3 aromatic carbocycles. The van der Waals surface area contributed by atoms with Crippen LogP contribution in [0.15, 0.2) is 83.8 Å². The van der Waals surface area contributed by atoms with E-state index in [-0.39, 0.29) is 18.4 Å². The molecule has 0 spiro atoms. The lowest BCUT2D eigenvalue weighted by Crippen LogP contribution is -2.29. The number of hydrogen-bond donors (Lipinski definition) is 1. The molecule has 7 heteroatoms. The third kappa shape index (κ3) is 6.37. The van der Waals surface area contributed by atoms with Gasteiger partial charge in [-0.1, -0.05) is 55.5 Å². The van der Waals surface area contributed by atoms with Crippen molar-refractivity contribution in [2.24, 2.45) is 0 Å². The van der Waals surface area contributed by atoms with Crippen molar-refractivity contribution in [2.75, 3.05) is 23.4 Å². The lowest BCUT2D eigenvalue weighted by molar-refractivity contribution is 0.0951. The van der Waals surface area contributed by atoms with Crippen molar-refractivity contribution in [3.63, 3.8) is 0 Å². The Labute approximate surface area is 194 Å². The summed E-state index contributed by atoms with van der Waals surface area (Å²) in [4.78, 5) is 13.5. The Morgan fingerprint density at radius 3 is 2.31 bits per heavy atom. The molecule has 0 bridgehead atoms. The van der Waals surface area contributed by atoms with Crippen LogP contribution in [0.25, 0.3) is 0 Å². The molecule has 0 heterocycles. The molecule has 0 unspecified atom stereocenters. The van der Waals surface area contributed by atoms with Crippen LogP contribution in [0.4, 0.5) is 5.69 Å². The maximum atomic E-state index is 12.5. The van der Waals surface area contributed by atoms with Crippen LogP contribution in [0, 0.1) is 0 Å². The Morgan fingerprint density at radius 2 is 1.69 bits per heavy atom. The molecule has 0 aliphatic carbocycles. The van der Waals surface area contributed by atoms with E-state index in [2.05, 4.69) is 12.2 Å². The summed E-state index contributed by atoms with van der Waals surface area (Å²) in [6.45, 7) is 2.81. The predicted octanol–water partition coefficient (Wildman–Crippen LogP) is 4.91. The normalized spacial score (nSPS) is 12.2. The highest BCUT2D eigenvalue weighted by Crippen LogP contribution is 2.25. The molecule has 0 saturated heterocycles. The van der Waals surface area contributed by atoms with E-state index in [1.807, 2.05) is 54.8 Å². The fourth-order valence-electron chi connectivity index (χ4n) is 3.34. The van der Waals surface area contributed by atoms with Gasteiger partial charge in [-0.25, -0.2) is 8.42 Å². The van der Waals surface area contributed by atoms with Crippen molar-refractivity contribution in [1.29, 1.82) is 0 Å². The largest absolute Gasteiger partial charge is 0.351 e. The van der Waals surface area contributed by atoms with Gasteiger partial charge in [0.15, 0.2) is 0 Å². The number of thioether (sulfide) groups is 1. The minimum absolute atomic E-state index is 0.146. The Kier molecular flexibility index (Phi) is 7.99. The van der Waals surface area contributed by atoms with Gasteiger partial charge >= 0.3 is 0 Å². The summed E-state index contributed by atoms with van der Waals surface area (Å²) < 4.78 is 26.2. The van der Waals surface area contributed by atoms with E-state index in [0.717, 1.165) is 10.5 Å². The Bertz CT molecular complexity index is 1150. The molecule has 1 atom stereocenters. The predicted molar refractivity (Wildman–Crippen MR) is 133 cm³/mol. The number of benzene rings is 3. The van der Waals surface area contributed by atoms with Crippen LogP contribution in [-0.4, -0.2) is 33.4 Å². The molecule has 0 fully saturated rings.